The van der Waals surface area contributed by atoms with Gasteiger partial charge in [0, 0.05) is 30.3 Å². The summed E-state index contributed by atoms with van der Waals surface area (Å²) in [5.41, 5.74) is 3.62. The molecule has 0 radical (unpaired) electrons. The number of ether oxygens (including phenoxy) is 1. The highest BCUT2D eigenvalue weighted by Crippen LogP contribution is 2.31. The standard InChI is InChI=1S/C17H23N3O/c1-13-12-14(2)20(19-13)10-5-9-18-16-8-11-21-17-7-4-3-6-15(16)17/h3-4,6-7,12,16,18H,5,8-11H2,1-2H3. The Hall–Kier alpha value is -1.81. The van der Waals surface area contributed by atoms with Crippen molar-refractivity contribution in [3.8, 4) is 5.75 Å². The maximum absolute atomic E-state index is 5.69. The van der Waals surface area contributed by atoms with Crippen LogP contribution in [0.25, 0.3) is 0 Å². The van der Waals surface area contributed by atoms with E-state index >= 15 is 0 Å². The monoisotopic (exact) mass is 285 g/mol. The van der Waals surface area contributed by atoms with Crippen LogP contribution in [-0.2, 0) is 6.54 Å². The normalized spacial score (nSPS) is 17.3. The van der Waals surface area contributed by atoms with Crippen LogP contribution in [0, 0.1) is 13.8 Å². The van der Waals surface area contributed by atoms with E-state index in [2.05, 4.69) is 46.3 Å². The van der Waals surface area contributed by atoms with Crippen molar-refractivity contribution < 1.29 is 4.74 Å². The van der Waals surface area contributed by atoms with Crippen molar-refractivity contribution in [3.63, 3.8) is 0 Å². The number of nitrogens with one attached hydrogen (secondary N) is 1. The fourth-order valence-corrected chi connectivity index (χ4v) is 2.96. The smallest absolute Gasteiger partial charge is 0.124 e. The van der Waals surface area contributed by atoms with Crippen LogP contribution in [0.3, 0.4) is 0 Å². The molecule has 2 heterocycles. The molecule has 1 aromatic heterocycles. The van der Waals surface area contributed by atoms with Crippen molar-refractivity contribution in [1.82, 2.24) is 15.1 Å². The van der Waals surface area contributed by atoms with E-state index in [0.29, 0.717) is 6.04 Å². The molecule has 1 unspecified atom stereocenters. The minimum Gasteiger partial charge on any atom is -0.493 e. The minimum absolute atomic E-state index is 0.412. The first-order valence-corrected chi connectivity index (χ1v) is 7.70. The molecule has 0 saturated carbocycles. The van der Waals surface area contributed by atoms with Crippen LogP contribution in [0.4, 0.5) is 0 Å². The molecule has 0 bridgehead atoms. The van der Waals surface area contributed by atoms with Crippen molar-refractivity contribution >= 4 is 0 Å². The third kappa shape index (κ3) is 3.27. The Kier molecular flexibility index (Phi) is 4.25. The summed E-state index contributed by atoms with van der Waals surface area (Å²) in [4.78, 5) is 0. The fourth-order valence-electron chi connectivity index (χ4n) is 2.96. The van der Waals surface area contributed by atoms with Gasteiger partial charge in [0.05, 0.1) is 12.3 Å². The second-order valence-corrected chi connectivity index (χ2v) is 5.69. The topological polar surface area (TPSA) is 39.1 Å². The van der Waals surface area contributed by atoms with E-state index < -0.39 is 0 Å². The van der Waals surface area contributed by atoms with Crippen LogP contribution in [0.2, 0.25) is 0 Å². The van der Waals surface area contributed by atoms with E-state index in [-0.39, 0.29) is 0 Å². The molecular formula is C17H23N3O. The fraction of sp³-hybridized carbons (Fsp3) is 0.471. The molecule has 1 atom stereocenters. The van der Waals surface area contributed by atoms with E-state index in [1.165, 1.54) is 11.3 Å². The van der Waals surface area contributed by atoms with Gasteiger partial charge in [-0.25, -0.2) is 0 Å². The van der Waals surface area contributed by atoms with E-state index in [0.717, 1.165) is 44.0 Å². The van der Waals surface area contributed by atoms with Crippen molar-refractivity contribution in [3.05, 3.63) is 47.3 Å². The first-order chi connectivity index (χ1) is 10.2. The van der Waals surface area contributed by atoms with Crippen LogP contribution in [0.15, 0.2) is 30.3 Å². The number of benzene rings is 1. The number of hydrogen-bond donors (Lipinski definition) is 1. The van der Waals surface area contributed by atoms with Crippen molar-refractivity contribution in [1.29, 1.82) is 0 Å². The highest BCUT2D eigenvalue weighted by Gasteiger charge is 2.19. The SMILES string of the molecule is Cc1cc(C)n(CCCNC2CCOc3ccccc32)n1. The molecule has 1 aromatic carbocycles. The summed E-state index contributed by atoms with van der Waals surface area (Å²) >= 11 is 0. The summed E-state index contributed by atoms with van der Waals surface area (Å²) in [7, 11) is 0. The number of aryl methyl sites for hydroxylation is 3. The Morgan fingerprint density at radius 2 is 2.19 bits per heavy atom. The zero-order valence-corrected chi connectivity index (χ0v) is 12.8. The summed E-state index contributed by atoms with van der Waals surface area (Å²) in [5, 5.41) is 8.15. The Morgan fingerprint density at radius 1 is 1.33 bits per heavy atom. The molecule has 112 valence electrons. The summed E-state index contributed by atoms with van der Waals surface area (Å²) in [6.07, 6.45) is 2.12. The number of fused-ring (bicyclic) bond motifs is 1. The molecule has 1 aliphatic rings. The Morgan fingerprint density at radius 3 is 3.00 bits per heavy atom. The third-order valence-electron chi connectivity index (χ3n) is 4.00. The largest absolute Gasteiger partial charge is 0.493 e. The molecular weight excluding hydrogens is 262 g/mol. The molecule has 0 spiro atoms. The van der Waals surface area contributed by atoms with E-state index in [4.69, 9.17) is 4.74 Å². The number of nitrogens with zero attached hydrogens (tertiary/aromatic N) is 2. The lowest BCUT2D eigenvalue weighted by molar-refractivity contribution is 0.252. The zero-order valence-electron chi connectivity index (χ0n) is 12.8. The third-order valence-corrected chi connectivity index (χ3v) is 4.00. The molecule has 0 amide bonds. The van der Waals surface area contributed by atoms with Gasteiger partial charge in [-0.3, -0.25) is 4.68 Å². The highest BCUT2D eigenvalue weighted by molar-refractivity contribution is 5.37. The summed E-state index contributed by atoms with van der Waals surface area (Å²) < 4.78 is 7.79. The molecule has 2 aromatic rings. The second kappa shape index (κ2) is 6.31. The number of hydrogen-bond acceptors (Lipinski definition) is 3. The highest BCUT2D eigenvalue weighted by atomic mass is 16.5. The first kappa shape index (κ1) is 14.1. The molecule has 3 rings (SSSR count). The van der Waals surface area contributed by atoms with Gasteiger partial charge in [0.25, 0.3) is 0 Å². The lowest BCUT2D eigenvalue weighted by Gasteiger charge is -2.26. The molecule has 4 nitrogen and oxygen atoms in total. The lowest BCUT2D eigenvalue weighted by atomic mass is 10.0. The molecule has 21 heavy (non-hydrogen) atoms. The van der Waals surface area contributed by atoms with Crippen molar-refractivity contribution in [2.75, 3.05) is 13.2 Å². The Balaban J connectivity index is 1.51. The Labute approximate surface area is 126 Å². The summed E-state index contributed by atoms with van der Waals surface area (Å²) in [6, 6.07) is 10.9. The predicted molar refractivity (Wildman–Crippen MR) is 83.6 cm³/mol. The predicted octanol–water partition coefficient (Wildman–Crippen LogP) is 3.00. The van der Waals surface area contributed by atoms with Gasteiger partial charge >= 0.3 is 0 Å². The van der Waals surface area contributed by atoms with Crippen LogP contribution >= 0.6 is 0 Å². The summed E-state index contributed by atoms with van der Waals surface area (Å²) in [5.74, 6) is 1.03. The van der Waals surface area contributed by atoms with E-state index in [9.17, 15) is 0 Å². The molecule has 0 fully saturated rings. The van der Waals surface area contributed by atoms with Crippen LogP contribution < -0.4 is 10.1 Å². The average Bonchev–Trinajstić information content (AvgIpc) is 2.82. The molecule has 0 aliphatic carbocycles. The quantitative estimate of drug-likeness (QED) is 0.858. The van der Waals surface area contributed by atoms with Gasteiger partial charge in [-0.2, -0.15) is 5.10 Å². The zero-order chi connectivity index (χ0) is 14.7. The minimum atomic E-state index is 0.412. The van der Waals surface area contributed by atoms with Crippen LogP contribution in [-0.4, -0.2) is 22.9 Å². The molecule has 1 aliphatic heterocycles. The van der Waals surface area contributed by atoms with Crippen LogP contribution in [0.5, 0.6) is 5.75 Å². The van der Waals surface area contributed by atoms with E-state index in [1.54, 1.807) is 0 Å². The Bertz CT molecular complexity index is 606. The number of rotatable bonds is 5. The first-order valence-electron chi connectivity index (χ1n) is 7.70. The van der Waals surface area contributed by atoms with Gasteiger partial charge in [-0.1, -0.05) is 18.2 Å². The second-order valence-electron chi connectivity index (χ2n) is 5.69. The average molecular weight is 285 g/mol. The summed E-state index contributed by atoms with van der Waals surface area (Å²) in [6.45, 7) is 6.92. The van der Waals surface area contributed by atoms with Crippen LogP contribution in [0.1, 0.15) is 35.8 Å². The maximum Gasteiger partial charge on any atom is 0.124 e. The van der Waals surface area contributed by atoms with Gasteiger partial charge in [-0.15, -0.1) is 0 Å². The van der Waals surface area contributed by atoms with Gasteiger partial charge in [0.15, 0.2) is 0 Å². The van der Waals surface area contributed by atoms with Gasteiger partial charge < -0.3 is 10.1 Å². The van der Waals surface area contributed by atoms with Gasteiger partial charge in [-0.05, 0) is 38.9 Å². The lowest BCUT2D eigenvalue weighted by Crippen LogP contribution is -2.28. The maximum atomic E-state index is 5.69. The number of para-hydroxylation sites is 1. The number of aromatic nitrogens is 2. The van der Waals surface area contributed by atoms with Crippen molar-refractivity contribution in [2.45, 2.75) is 39.3 Å². The molecule has 4 heteroatoms. The van der Waals surface area contributed by atoms with Gasteiger partial charge in [0.1, 0.15) is 5.75 Å². The molecule has 0 saturated heterocycles. The van der Waals surface area contributed by atoms with E-state index in [1.807, 2.05) is 13.0 Å². The van der Waals surface area contributed by atoms with Crippen molar-refractivity contribution in [2.24, 2.45) is 0 Å². The van der Waals surface area contributed by atoms with Gasteiger partial charge in [0.2, 0.25) is 0 Å². The molecule has 1 N–H and O–H groups in total.